The molecule has 1 aromatic heterocycles. The van der Waals surface area contributed by atoms with Crippen LogP contribution in [0.3, 0.4) is 0 Å². The molecular weight excluding hydrogens is 367 g/mol. The molecule has 1 aromatic carbocycles. The van der Waals surface area contributed by atoms with Crippen molar-refractivity contribution in [1.29, 1.82) is 0 Å². The third-order valence-corrected chi connectivity index (χ3v) is 4.66. The molecule has 8 nitrogen and oxygen atoms in total. The van der Waals surface area contributed by atoms with Gasteiger partial charge in [-0.1, -0.05) is 0 Å². The summed E-state index contributed by atoms with van der Waals surface area (Å²) in [5.41, 5.74) is -0.499. The van der Waals surface area contributed by atoms with Crippen LogP contribution in [0.25, 0.3) is 5.69 Å². The van der Waals surface area contributed by atoms with E-state index in [4.69, 9.17) is 9.47 Å². The molecule has 2 saturated heterocycles. The van der Waals surface area contributed by atoms with Gasteiger partial charge in [-0.25, -0.2) is 0 Å². The lowest BCUT2D eigenvalue weighted by atomic mass is 10.0. The molecule has 1 spiro atoms. The fraction of sp³-hybridized carbons (Fsp3) is 0.500. The second-order valence-corrected chi connectivity index (χ2v) is 6.35. The van der Waals surface area contributed by atoms with E-state index in [0.717, 1.165) is 16.9 Å². The lowest BCUT2D eigenvalue weighted by molar-refractivity contribution is -0.181. The molecule has 0 N–H and O–H groups in total. The molecule has 2 fully saturated rings. The summed E-state index contributed by atoms with van der Waals surface area (Å²) in [7, 11) is 0. The van der Waals surface area contributed by atoms with Crippen LogP contribution in [-0.2, 0) is 15.7 Å². The van der Waals surface area contributed by atoms with E-state index >= 15 is 0 Å². The van der Waals surface area contributed by atoms with Crippen LogP contribution in [0.15, 0.2) is 24.3 Å². The highest BCUT2D eigenvalue weighted by Gasteiger charge is 2.41. The molecule has 144 valence electrons. The van der Waals surface area contributed by atoms with Gasteiger partial charge >= 0.3 is 6.18 Å². The number of hydrogen-bond acceptors (Lipinski definition) is 6. The number of tetrazole rings is 1. The van der Waals surface area contributed by atoms with Crippen LogP contribution in [0.1, 0.15) is 29.0 Å². The summed E-state index contributed by atoms with van der Waals surface area (Å²) < 4.78 is 49.1. The SMILES string of the molecule is O=C(c1nnn(-c2ccc(C(F)(F)F)cc2)n1)N1CCC2(CC1)OCCO2. The third-order valence-electron chi connectivity index (χ3n) is 4.66. The number of amides is 1. The van der Waals surface area contributed by atoms with Gasteiger partial charge in [-0.05, 0) is 29.5 Å². The highest BCUT2D eigenvalue weighted by atomic mass is 19.4. The van der Waals surface area contributed by atoms with E-state index in [-0.39, 0.29) is 17.4 Å². The van der Waals surface area contributed by atoms with Gasteiger partial charge in [-0.15, -0.1) is 15.0 Å². The summed E-state index contributed by atoms with van der Waals surface area (Å²) in [6, 6.07) is 4.29. The van der Waals surface area contributed by atoms with E-state index in [2.05, 4.69) is 15.4 Å². The molecule has 27 heavy (non-hydrogen) atoms. The Morgan fingerprint density at radius 2 is 1.70 bits per heavy atom. The molecule has 2 aliphatic rings. The Hall–Kier alpha value is -2.53. The van der Waals surface area contributed by atoms with E-state index in [0.29, 0.717) is 39.1 Å². The first kappa shape index (κ1) is 17.9. The monoisotopic (exact) mass is 383 g/mol. The summed E-state index contributed by atoms with van der Waals surface area (Å²) in [5.74, 6) is -1.10. The van der Waals surface area contributed by atoms with Gasteiger partial charge < -0.3 is 14.4 Å². The fourth-order valence-corrected chi connectivity index (χ4v) is 3.17. The largest absolute Gasteiger partial charge is 0.416 e. The first-order valence-corrected chi connectivity index (χ1v) is 8.41. The average molecular weight is 383 g/mol. The van der Waals surface area contributed by atoms with Crippen molar-refractivity contribution in [2.45, 2.75) is 24.8 Å². The number of ether oxygens (including phenoxy) is 2. The maximum Gasteiger partial charge on any atom is 0.416 e. The zero-order valence-corrected chi connectivity index (χ0v) is 14.1. The van der Waals surface area contributed by atoms with E-state index in [1.165, 1.54) is 12.1 Å². The second-order valence-electron chi connectivity index (χ2n) is 6.35. The molecule has 0 atom stereocenters. The normalized spacial score (nSPS) is 19.6. The van der Waals surface area contributed by atoms with Crippen molar-refractivity contribution in [3.8, 4) is 5.69 Å². The summed E-state index contributed by atoms with van der Waals surface area (Å²) in [6.07, 6.45) is -3.30. The summed E-state index contributed by atoms with van der Waals surface area (Å²) in [5, 5.41) is 11.5. The Balaban J connectivity index is 1.44. The number of piperidine rings is 1. The summed E-state index contributed by atoms with van der Waals surface area (Å²) in [4.78, 5) is 15.2. The average Bonchev–Trinajstić information content (AvgIpc) is 3.31. The number of rotatable bonds is 2. The summed E-state index contributed by atoms with van der Waals surface area (Å²) in [6.45, 7) is 1.98. The zero-order chi connectivity index (χ0) is 19.1. The number of aromatic nitrogens is 4. The van der Waals surface area contributed by atoms with Gasteiger partial charge in [0.05, 0.1) is 24.5 Å². The molecule has 0 bridgehead atoms. The minimum absolute atomic E-state index is 0.112. The highest BCUT2D eigenvalue weighted by Crippen LogP contribution is 2.32. The Morgan fingerprint density at radius 3 is 2.30 bits per heavy atom. The van der Waals surface area contributed by atoms with Crippen molar-refractivity contribution >= 4 is 5.91 Å². The number of benzene rings is 1. The van der Waals surface area contributed by atoms with E-state index in [1.807, 2.05) is 0 Å². The first-order valence-electron chi connectivity index (χ1n) is 8.41. The number of likely N-dealkylation sites (tertiary alicyclic amines) is 1. The van der Waals surface area contributed by atoms with Crippen LogP contribution in [0, 0.1) is 0 Å². The lowest BCUT2D eigenvalue weighted by Gasteiger charge is -2.37. The van der Waals surface area contributed by atoms with Crippen molar-refractivity contribution in [1.82, 2.24) is 25.1 Å². The smallest absolute Gasteiger partial charge is 0.347 e. The van der Waals surface area contributed by atoms with Crippen molar-refractivity contribution in [3.63, 3.8) is 0 Å². The van der Waals surface area contributed by atoms with Gasteiger partial charge in [-0.2, -0.15) is 13.2 Å². The van der Waals surface area contributed by atoms with E-state index in [1.54, 1.807) is 4.90 Å². The predicted molar refractivity (Wildman–Crippen MR) is 83.9 cm³/mol. The minimum atomic E-state index is -4.42. The number of halogens is 3. The topological polar surface area (TPSA) is 82.4 Å². The van der Waals surface area contributed by atoms with Gasteiger partial charge in [-0.3, -0.25) is 4.79 Å². The Bertz CT molecular complexity index is 821. The van der Waals surface area contributed by atoms with E-state index < -0.39 is 17.5 Å². The van der Waals surface area contributed by atoms with E-state index in [9.17, 15) is 18.0 Å². The van der Waals surface area contributed by atoms with Gasteiger partial charge in [0.1, 0.15) is 0 Å². The Morgan fingerprint density at radius 1 is 1.07 bits per heavy atom. The molecule has 3 heterocycles. The molecule has 2 aliphatic heterocycles. The van der Waals surface area contributed by atoms with Crippen LogP contribution < -0.4 is 0 Å². The Labute approximate surface area is 151 Å². The molecular formula is C16H16F3N5O3. The fourth-order valence-electron chi connectivity index (χ4n) is 3.17. The molecule has 2 aromatic rings. The van der Waals surface area contributed by atoms with Crippen LogP contribution in [-0.4, -0.2) is 63.1 Å². The molecule has 0 radical (unpaired) electrons. The number of nitrogens with zero attached hydrogens (tertiary/aromatic N) is 5. The molecule has 11 heteroatoms. The van der Waals surface area contributed by atoms with Gasteiger partial charge in [0, 0.05) is 25.9 Å². The second kappa shape index (κ2) is 6.57. The predicted octanol–water partition coefficient (Wildman–Crippen LogP) is 1.66. The number of alkyl halides is 3. The van der Waals surface area contributed by atoms with Crippen LogP contribution in [0.4, 0.5) is 13.2 Å². The van der Waals surface area contributed by atoms with Gasteiger partial charge in [0.25, 0.3) is 11.7 Å². The Kier molecular flexibility index (Phi) is 4.35. The van der Waals surface area contributed by atoms with Gasteiger partial charge in [0.2, 0.25) is 0 Å². The summed E-state index contributed by atoms with van der Waals surface area (Å²) >= 11 is 0. The minimum Gasteiger partial charge on any atom is -0.347 e. The van der Waals surface area contributed by atoms with Gasteiger partial charge in [0.15, 0.2) is 5.79 Å². The zero-order valence-electron chi connectivity index (χ0n) is 14.1. The molecule has 0 unspecified atom stereocenters. The standard InChI is InChI=1S/C16H16F3N5O3/c17-16(18,19)11-1-3-12(4-2-11)24-21-13(20-22-24)14(25)23-7-5-15(6-8-23)26-9-10-27-15/h1-4H,5-10H2. The molecule has 1 amide bonds. The maximum atomic E-state index is 12.6. The van der Waals surface area contributed by atoms with Crippen LogP contribution in [0.5, 0.6) is 0 Å². The van der Waals surface area contributed by atoms with Crippen molar-refractivity contribution in [3.05, 3.63) is 35.7 Å². The van der Waals surface area contributed by atoms with Crippen molar-refractivity contribution in [2.24, 2.45) is 0 Å². The van der Waals surface area contributed by atoms with Crippen LogP contribution in [0.2, 0.25) is 0 Å². The van der Waals surface area contributed by atoms with Crippen LogP contribution >= 0.6 is 0 Å². The number of carbonyl (C=O) groups is 1. The van der Waals surface area contributed by atoms with Crippen molar-refractivity contribution in [2.75, 3.05) is 26.3 Å². The quantitative estimate of drug-likeness (QED) is 0.785. The molecule has 0 saturated carbocycles. The highest BCUT2D eigenvalue weighted by molar-refractivity contribution is 5.90. The lowest BCUT2D eigenvalue weighted by Crippen LogP contribution is -2.47. The number of hydrogen-bond donors (Lipinski definition) is 0. The molecule has 4 rings (SSSR count). The first-order chi connectivity index (χ1) is 12.9. The van der Waals surface area contributed by atoms with Crippen molar-refractivity contribution < 1.29 is 27.4 Å². The number of carbonyl (C=O) groups excluding carboxylic acids is 1. The molecule has 0 aliphatic carbocycles. The maximum absolute atomic E-state index is 12.6. The third kappa shape index (κ3) is 3.52.